The van der Waals surface area contributed by atoms with Crippen LogP contribution in [0, 0.1) is 0 Å². The Kier molecular flexibility index (Phi) is 6.32. The van der Waals surface area contributed by atoms with E-state index in [0.29, 0.717) is 16.6 Å². The van der Waals surface area contributed by atoms with Crippen LogP contribution in [0.15, 0.2) is 36.1 Å². The largest absolute Gasteiger partial charge is 0.545 e. The fraction of sp³-hybridized carbons (Fsp3) is 0.619. The minimum absolute atomic E-state index is 0.0920. The number of nitrogens with two attached hydrogens (primary N) is 1. The summed E-state index contributed by atoms with van der Waals surface area (Å²) in [6.07, 6.45) is 3.21. The summed E-state index contributed by atoms with van der Waals surface area (Å²) in [5, 5.41) is 0. The molecule has 0 radical (unpaired) electrons. The molecular formula is C21H35NOSi. The molecule has 1 aliphatic carbocycles. The van der Waals surface area contributed by atoms with E-state index in [2.05, 4.69) is 71.9 Å². The van der Waals surface area contributed by atoms with Gasteiger partial charge in [-0.05, 0) is 35.0 Å². The second kappa shape index (κ2) is 7.88. The van der Waals surface area contributed by atoms with Crippen LogP contribution >= 0.6 is 0 Å². The van der Waals surface area contributed by atoms with Crippen molar-refractivity contribution in [2.24, 2.45) is 5.73 Å². The van der Waals surface area contributed by atoms with Crippen LogP contribution in [0.25, 0.3) is 5.57 Å². The SMILES string of the molecule is CC(C)[Si](OC1=C(c2ccccc2)C(N)CCC1)(C(C)C)C(C)C. The topological polar surface area (TPSA) is 35.2 Å². The lowest BCUT2D eigenvalue weighted by Crippen LogP contribution is -2.48. The van der Waals surface area contributed by atoms with Crippen LogP contribution in [-0.2, 0) is 4.43 Å². The molecule has 24 heavy (non-hydrogen) atoms. The van der Waals surface area contributed by atoms with Crippen molar-refractivity contribution < 1.29 is 4.43 Å². The first-order valence-electron chi connectivity index (χ1n) is 9.53. The predicted molar refractivity (Wildman–Crippen MR) is 107 cm³/mol. The highest BCUT2D eigenvalue weighted by atomic mass is 28.4. The Bertz CT molecular complexity index is 541. The van der Waals surface area contributed by atoms with Crippen LogP contribution in [0.5, 0.6) is 0 Å². The zero-order valence-electron chi connectivity index (χ0n) is 16.3. The van der Waals surface area contributed by atoms with Gasteiger partial charge in [0.15, 0.2) is 0 Å². The number of hydrogen-bond acceptors (Lipinski definition) is 2. The second-order valence-electron chi connectivity index (χ2n) is 8.12. The molecule has 0 heterocycles. The molecule has 1 atom stereocenters. The van der Waals surface area contributed by atoms with E-state index in [1.54, 1.807) is 0 Å². The summed E-state index contributed by atoms with van der Waals surface area (Å²) >= 11 is 0. The molecule has 3 heteroatoms. The van der Waals surface area contributed by atoms with Gasteiger partial charge in [0.05, 0.1) is 5.76 Å². The third kappa shape index (κ3) is 3.62. The average Bonchev–Trinajstić information content (AvgIpc) is 2.52. The Morgan fingerprint density at radius 1 is 0.958 bits per heavy atom. The third-order valence-corrected chi connectivity index (χ3v) is 11.7. The van der Waals surface area contributed by atoms with Gasteiger partial charge in [0.1, 0.15) is 0 Å². The van der Waals surface area contributed by atoms with Crippen LogP contribution in [0.3, 0.4) is 0 Å². The van der Waals surface area contributed by atoms with Crippen molar-refractivity contribution in [2.45, 2.75) is 83.5 Å². The maximum absolute atomic E-state index is 7.04. The summed E-state index contributed by atoms with van der Waals surface area (Å²) in [4.78, 5) is 0. The quantitative estimate of drug-likeness (QED) is 0.632. The molecule has 0 fully saturated rings. The Balaban J connectivity index is 2.52. The molecule has 0 aliphatic heterocycles. The molecule has 2 N–H and O–H groups in total. The van der Waals surface area contributed by atoms with E-state index in [1.165, 1.54) is 16.9 Å². The minimum Gasteiger partial charge on any atom is -0.545 e. The van der Waals surface area contributed by atoms with Gasteiger partial charge in [-0.25, -0.2) is 0 Å². The summed E-state index contributed by atoms with van der Waals surface area (Å²) in [5.41, 5.74) is 10.8. The van der Waals surface area contributed by atoms with Gasteiger partial charge in [0.25, 0.3) is 8.32 Å². The molecule has 0 spiro atoms. The van der Waals surface area contributed by atoms with Gasteiger partial charge >= 0.3 is 0 Å². The van der Waals surface area contributed by atoms with Gasteiger partial charge in [-0.3, -0.25) is 0 Å². The van der Waals surface area contributed by atoms with Gasteiger partial charge in [-0.1, -0.05) is 71.9 Å². The molecule has 1 unspecified atom stereocenters. The smallest absolute Gasteiger partial charge is 0.258 e. The average molecular weight is 346 g/mol. The number of benzene rings is 1. The van der Waals surface area contributed by atoms with E-state index in [9.17, 15) is 0 Å². The van der Waals surface area contributed by atoms with Crippen LogP contribution in [-0.4, -0.2) is 14.4 Å². The van der Waals surface area contributed by atoms with Crippen molar-refractivity contribution in [2.75, 3.05) is 0 Å². The Labute approximate surface area is 149 Å². The Hall–Kier alpha value is -1.06. The summed E-state index contributed by atoms with van der Waals surface area (Å²) in [6, 6.07) is 10.7. The molecule has 134 valence electrons. The molecule has 2 rings (SSSR count). The van der Waals surface area contributed by atoms with E-state index >= 15 is 0 Å². The zero-order valence-corrected chi connectivity index (χ0v) is 17.3. The van der Waals surface area contributed by atoms with Gasteiger partial charge in [0, 0.05) is 18.0 Å². The highest BCUT2D eigenvalue weighted by Gasteiger charge is 2.47. The highest BCUT2D eigenvalue weighted by Crippen LogP contribution is 2.46. The number of hydrogen-bond donors (Lipinski definition) is 1. The van der Waals surface area contributed by atoms with E-state index < -0.39 is 8.32 Å². The van der Waals surface area contributed by atoms with Crippen molar-refractivity contribution >= 4 is 13.9 Å². The third-order valence-electron chi connectivity index (χ3n) is 5.68. The van der Waals surface area contributed by atoms with Crippen LogP contribution in [0.2, 0.25) is 16.6 Å². The zero-order chi connectivity index (χ0) is 17.9. The summed E-state index contributed by atoms with van der Waals surface area (Å²) in [7, 11) is -1.93. The normalized spacial score (nSPS) is 19.5. The summed E-state index contributed by atoms with van der Waals surface area (Å²) in [5.74, 6) is 1.18. The van der Waals surface area contributed by atoms with Gasteiger partial charge in [-0.2, -0.15) is 0 Å². The molecule has 1 aromatic rings. The van der Waals surface area contributed by atoms with Crippen LogP contribution < -0.4 is 5.73 Å². The number of rotatable bonds is 6. The maximum atomic E-state index is 7.04. The second-order valence-corrected chi connectivity index (χ2v) is 13.5. The predicted octanol–water partition coefficient (Wildman–Crippen LogP) is 6.10. The fourth-order valence-electron chi connectivity index (χ4n) is 4.63. The Morgan fingerprint density at radius 3 is 2.00 bits per heavy atom. The minimum atomic E-state index is -1.93. The molecular weight excluding hydrogens is 310 g/mol. The van der Waals surface area contributed by atoms with Crippen LogP contribution in [0.1, 0.15) is 66.4 Å². The van der Waals surface area contributed by atoms with Crippen molar-refractivity contribution in [1.29, 1.82) is 0 Å². The first-order chi connectivity index (χ1) is 11.3. The van der Waals surface area contributed by atoms with Crippen molar-refractivity contribution in [3.05, 3.63) is 41.7 Å². The molecule has 0 amide bonds. The van der Waals surface area contributed by atoms with Crippen molar-refractivity contribution in [3.8, 4) is 0 Å². The molecule has 2 nitrogen and oxygen atoms in total. The lowest BCUT2D eigenvalue weighted by atomic mass is 9.88. The standard InChI is InChI=1S/C21H35NOSi/c1-15(2)24(16(3)4,17(5)6)23-20-14-10-13-19(22)21(20)18-11-8-7-9-12-18/h7-9,11-12,15-17,19H,10,13-14,22H2,1-6H3. The van der Waals surface area contributed by atoms with E-state index in [4.69, 9.17) is 10.2 Å². The van der Waals surface area contributed by atoms with E-state index in [-0.39, 0.29) is 6.04 Å². The van der Waals surface area contributed by atoms with E-state index in [0.717, 1.165) is 19.3 Å². The van der Waals surface area contributed by atoms with Gasteiger partial charge < -0.3 is 10.2 Å². The van der Waals surface area contributed by atoms with Crippen molar-refractivity contribution in [3.63, 3.8) is 0 Å². The monoisotopic (exact) mass is 345 g/mol. The lowest BCUT2D eigenvalue weighted by molar-refractivity contribution is 0.341. The lowest BCUT2D eigenvalue weighted by Gasteiger charge is -2.44. The molecule has 0 saturated carbocycles. The fourth-order valence-corrected chi connectivity index (χ4v) is 9.98. The van der Waals surface area contributed by atoms with Crippen molar-refractivity contribution in [1.82, 2.24) is 0 Å². The van der Waals surface area contributed by atoms with Crippen LogP contribution in [0.4, 0.5) is 0 Å². The molecule has 0 aromatic heterocycles. The molecule has 0 saturated heterocycles. The summed E-state index contributed by atoms with van der Waals surface area (Å²) in [6.45, 7) is 14.1. The first-order valence-corrected chi connectivity index (χ1v) is 11.7. The van der Waals surface area contributed by atoms with E-state index in [1.807, 2.05) is 0 Å². The molecule has 1 aliphatic rings. The molecule has 1 aromatic carbocycles. The number of allylic oxidation sites excluding steroid dienone is 1. The maximum Gasteiger partial charge on any atom is 0.258 e. The first kappa shape index (κ1) is 19.3. The highest BCUT2D eigenvalue weighted by molar-refractivity contribution is 6.77. The molecule has 0 bridgehead atoms. The summed E-state index contributed by atoms with van der Waals surface area (Å²) < 4.78 is 7.04. The van der Waals surface area contributed by atoms with Gasteiger partial charge in [-0.15, -0.1) is 0 Å². The van der Waals surface area contributed by atoms with Gasteiger partial charge in [0.2, 0.25) is 0 Å². The Morgan fingerprint density at radius 2 is 1.50 bits per heavy atom.